The fourth-order valence-corrected chi connectivity index (χ4v) is 9.63. The molecule has 4 aliphatic heterocycles. The van der Waals surface area contributed by atoms with Gasteiger partial charge < -0.3 is 95.4 Å². The van der Waals surface area contributed by atoms with Crippen molar-refractivity contribution in [1.82, 2.24) is 0 Å². The van der Waals surface area contributed by atoms with Gasteiger partial charge in [0.05, 0.1) is 91.8 Å². The molecular weight excluding hydrogens is 971 g/mol. The van der Waals surface area contributed by atoms with Crippen LogP contribution in [0.1, 0.15) is 105 Å². The van der Waals surface area contributed by atoms with Crippen molar-refractivity contribution in [2.45, 2.75) is 227 Å². The Hall–Kier alpha value is -3.30. The number of nitrogens with two attached hydrogens (primary N) is 1. The number of cyclic esters (lactones) is 1. The van der Waals surface area contributed by atoms with Crippen molar-refractivity contribution < 1.29 is 99.3 Å². The number of allylic oxidation sites excluding steroid dienone is 10. The lowest BCUT2D eigenvalue weighted by molar-refractivity contribution is -0.310. The van der Waals surface area contributed by atoms with Gasteiger partial charge in [0.25, 0.3) is 0 Å². The monoisotopic (exact) mass is 1060 g/mol. The molecule has 74 heavy (non-hydrogen) atoms. The SMILES string of the molecule is C[C@@H]1[C@H](OC2C[C@@H](O)[C@@H](O)[C@H](C)O2)[C@@H](C)/C=C/C=C/CC/C=C/C=C/C=C/C=C/[C@H](O[C@@H]2O[C@H](C)[C@@H](O)[C@H](N)[C@@H]2O)C[C@@H]2O[C@](O)(C[C@@H](O)[C@@H](O)CC[C@@H](O)C[C@@H](O)C[C@@H](O)CC(=O)O[C@H]1C)C[C@H](O)[C@H]2C(=O)O. The van der Waals surface area contributed by atoms with E-state index >= 15 is 0 Å². The van der Waals surface area contributed by atoms with E-state index in [2.05, 4.69) is 0 Å². The maximum Gasteiger partial charge on any atom is 0.311 e. The van der Waals surface area contributed by atoms with E-state index in [1.165, 1.54) is 13.0 Å². The molecule has 4 rings (SSSR count). The summed E-state index contributed by atoms with van der Waals surface area (Å²) in [6.07, 6.45) is -1.63. The summed E-state index contributed by atoms with van der Waals surface area (Å²) in [4.78, 5) is 25.6. The van der Waals surface area contributed by atoms with E-state index in [1.54, 1.807) is 38.2 Å². The Bertz CT molecular complexity index is 1870. The molecule has 3 saturated heterocycles. The third-order valence-corrected chi connectivity index (χ3v) is 14.2. The highest BCUT2D eigenvalue weighted by molar-refractivity contribution is 5.71. The predicted molar refractivity (Wildman–Crippen MR) is 267 cm³/mol. The van der Waals surface area contributed by atoms with E-state index in [0.717, 1.165) is 12.8 Å². The van der Waals surface area contributed by atoms with Gasteiger partial charge in [-0.05, 0) is 59.3 Å². The molecule has 2 bridgehead atoms. The van der Waals surface area contributed by atoms with Crippen LogP contribution in [0.3, 0.4) is 0 Å². The van der Waals surface area contributed by atoms with Crippen LogP contribution < -0.4 is 5.73 Å². The van der Waals surface area contributed by atoms with Crippen LogP contribution in [0.15, 0.2) is 72.9 Å². The minimum atomic E-state index is -2.37. The first-order valence-corrected chi connectivity index (χ1v) is 25.9. The van der Waals surface area contributed by atoms with E-state index in [1.807, 2.05) is 56.4 Å². The molecule has 21 nitrogen and oxygen atoms in total. The summed E-state index contributed by atoms with van der Waals surface area (Å²) in [6.45, 7) is 8.61. The summed E-state index contributed by atoms with van der Waals surface area (Å²) in [6, 6.07) is -1.16. The minimum Gasteiger partial charge on any atom is -0.481 e. The topological polar surface area (TPSA) is 358 Å². The third kappa shape index (κ3) is 19.9. The molecular formula is C53H85NO20. The fourth-order valence-electron chi connectivity index (χ4n) is 9.63. The van der Waals surface area contributed by atoms with Crippen molar-refractivity contribution in [3.8, 4) is 0 Å². The second-order valence-electron chi connectivity index (χ2n) is 20.5. The Morgan fingerprint density at radius 1 is 0.635 bits per heavy atom. The number of esters is 1. The van der Waals surface area contributed by atoms with Gasteiger partial charge in [-0.2, -0.15) is 0 Å². The molecule has 0 aromatic carbocycles. The molecule has 14 N–H and O–H groups in total. The standard InChI is InChI=1S/C53H85NO20/c1-29-18-16-14-12-10-8-6-7-9-11-13-15-17-19-37(72-52-49(65)46(54)48(64)33(5)71-52)25-42-45(51(66)67)41(61)28-53(68,74-42)27-40(60)38(58)21-20-34(55)22-35(56)23-36(57)24-43(62)69-31(3)30(2)50(29)73-44-26-39(59)47(63)32(4)70-44/h6-7,9,11-19,29-42,44-50,52,55-61,63-65,68H,8,10,20-28,54H2,1-5H3,(H,66,67)/b7-6+,11-9+,14-12+,15-13+,18-16+,19-17+/t29-,30-,31-,32-,33+,34+,35+,36+,37-,38-,39+,40+,41-,42-,44?,45+,46-,47-,48+,49-,50+,52-,53+/m0/s1. The average Bonchev–Trinajstić information content (AvgIpc) is 3.31. The number of hydrogen-bond acceptors (Lipinski definition) is 20. The van der Waals surface area contributed by atoms with E-state index in [0.29, 0.717) is 0 Å². The van der Waals surface area contributed by atoms with Gasteiger partial charge in [0.15, 0.2) is 18.4 Å². The van der Waals surface area contributed by atoms with E-state index in [4.69, 9.17) is 34.2 Å². The van der Waals surface area contributed by atoms with Gasteiger partial charge in [-0.1, -0.05) is 86.8 Å². The van der Waals surface area contributed by atoms with Gasteiger partial charge in [-0.3, -0.25) is 9.59 Å². The van der Waals surface area contributed by atoms with Crippen molar-refractivity contribution in [2.24, 2.45) is 23.5 Å². The first kappa shape index (κ1) is 63.2. The lowest BCUT2D eigenvalue weighted by Crippen LogP contribution is -2.61. The van der Waals surface area contributed by atoms with Gasteiger partial charge in [0.1, 0.15) is 24.2 Å². The highest BCUT2D eigenvalue weighted by Crippen LogP contribution is 2.38. The van der Waals surface area contributed by atoms with Crippen molar-refractivity contribution >= 4 is 11.9 Å². The Labute approximate surface area is 433 Å². The number of ether oxygens (including phenoxy) is 6. The number of carboxylic acid groups (broad SMARTS) is 1. The first-order chi connectivity index (χ1) is 34.9. The lowest BCUT2D eigenvalue weighted by atomic mass is 9.82. The molecule has 23 atom stereocenters. The molecule has 0 aromatic heterocycles. The second-order valence-corrected chi connectivity index (χ2v) is 20.5. The number of aliphatic hydroxyl groups is 11. The minimum absolute atomic E-state index is 0.0208. The number of aliphatic carboxylic acids is 1. The van der Waals surface area contributed by atoms with Crippen LogP contribution in [0.2, 0.25) is 0 Å². The number of carbonyl (C=O) groups is 2. The number of carbonyl (C=O) groups excluding carboxylic acids is 1. The average molecular weight is 1060 g/mol. The molecule has 422 valence electrons. The number of hydrogen-bond donors (Lipinski definition) is 13. The Morgan fingerprint density at radius 3 is 1.89 bits per heavy atom. The number of fused-ring (bicyclic) bond motifs is 2. The van der Waals surface area contributed by atoms with Crippen molar-refractivity contribution in [1.29, 1.82) is 0 Å². The summed E-state index contributed by atoms with van der Waals surface area (Å²) in [5.74, 6) is -6.88. The van der Waals surface area contributed by atoms with Crippen molar-refractivity contribution in [3.63, 3.8) is 0 Å². The van der Waals surface area contributed by atoms with Crippen LogP contribution in [0, 0.1) is 17.8 Å². The molecule has 0 saturated carbocycles. The number of carboxylic acids is 1. The van der Waals surface area contributed by atoms with Crippen LogP contribution in [0.4, 0.5) is 0 Å². The molecule has 0 spiro atoms. The summed E-state index contributed by atoms with van der Waals surface area (Å²) < 4.78 is 35.8. The van der Waals surface area contributed by atoms with Crippen LogP contribution in [0.5, 0.6) is 0 Å². The number of rotatable bonds is 5. The molecule has 0 aromatic rings. The van der Waals surface area contributed by atoms with Gasteiger partial charge in [0.2, 0.25) is 0 Å². The molecule has 0 radical (unpaired) electrons. The van der Waals surface area contributed by atoms with Crippen molar-refractivity contribution in [2.75, 3.05) is 0 Å². The maximum absolute atomic E-state index is 13.1. The molecule has 4 heterocycles. The fraction of sp³-hybridized carbons (Fsp3) is 0.736. The first-order valence-electron chi connectivity index (χ1n) is 25.9. The van der Waals surface area contributed by atoms with Gasteiger partial charge in [0, 0.05) is 37.5 Å². The van der Waals surface area contributed by atoms with E-state index < -0.39 is 165 Å². The van der Waals surface area contributed by atoms with Gasteiger partial charge in [-0.15, -0.1) is 0 Å². The normalized spacial score (nSPS) is 46.5. The zero-order valence-corrected chi connectivity index (χ0v) is 43.1. The lowest BCUT2D eigenvalue weighted by Gasteiger charge is -2.45. The summed E-state index contributed by atoms with van der Waals surface area (Å²) in [5.41, 5.74) is 6.04. The Kier molecular flexibility index (Phi) is 26.1. The molecule has 0 aliphatic carbocycles. The highest BCUT2D eigenvalue weighted by Gasteiger charge is 2.51. The molecule has 4 aliphatic rings. The van der Waals surface area contributed by atoms with Gasteiger partial charge >= 0.3 is 11.9 Å². The van der Waals surface area contributed by atoms with Crippen LogP contribution in [-0.4, -0.2) is 195 Å². The van der Waals surface area contributed by atoms with Gasteiger partial charge in [-0.25, -0.2) is 0 Å². The predicted octanol–water partition coefficient (Wildman–Crippen LogP) is 0.817. The Balaban J connectivity index is 1.55. The summed E-state index contributed by atoms with van der Waals surface area (Å²) >= 11 is 0. The highest BCUT2D eigenvalue weighted by atomic mass is 16.7. The Morgan fingerprint density at radius 2 is 1.23 bits per heavy atom. The zero-order chi connectivity index (χ0) is 54.9. The van der Waals surface area contributed by atoms with Crippen LogP contribution in [0.25, 0.3) is 0 Å². The van der Waals surface area contributed by atoms with E-state index in [9.17, 15) is 70.9 Å². The third-order valence-electron chi connectivity index (χ3n) is 14.2. The quantitative estimate of drug-likeness (QED) is 0.170. The molecule has 0 amide bonds. The van der Waals surface area contributed by atoms with Crippen molar-refractivity contribution in [3.05, 3.63) is 72.9 Å². The maximum atomic E-state index is 13.1. The van der Waals surface area contributed by atoms with Crippen LogP contribution in [-0.2, 0) is 38.0 Å². The summed E-state index contributed by atoms with van der Waals surface area (Å²) in [7, 11) is 0. The number of aliphatic hydroxyl groups excluding tert-OH is 10. The largest absolute Gasteiger partial charge is 0.481 e. The molecule has 3 fully saturated rings. The van der Waals surface area contributed by atoms with E-state index in [-0.39, 0.29) is 44.4 Å². The van der Waals surface area contributed by atoms with Crippen LogP contribution >= 0.6 is 0 Å². The molecule has 1 unspecified atom stereocenters. The second kappa shape index (κ2) is 30.6. The molecule has 21 heteroatoms. The zero-order valence-electron chi connectivity index (χ0n) is 43.1. The summed E-state index contributed by atoms with van der Waals surface area (Å²) in [5, 5.41) is 129. The smallest absolute Gasteiger partial charge is 0.311 e.